The van der Waals surface area contributed by atoms with E-state index in [1.807, 2.05) is 11.8 Å². The van der Waals surface area contributed by atoms with Crippen LogP contribution in [-0.2, 0) is 14.8 Å². The van der Waals surface area contributed by atoms with Crippen molar-refractivity contribution in [2.45, 2.75) is 18.2 Å². The van der Waals surface area contributed by atoms with Crippen molar-refractivity contribution >= 4 is 33.2 Å². The summed E-state index contributed by atoms with van der Waals surface area (Å²) in [6.07, 6.45) is 0.673. The lowest BCUT2D eigenvalue weighted by Gasteiger charge is -2.23. The van der Waals surface area contributed by atoms with Crippen molar-refractivity contribution in [3.63, 3.8) is 0 Å². The number of benzene rings is 2. The number of carbonyl (C=O) groups is 2. The van der Waals surface area contributed by atoms with Gasteiger partial charge in [-0.15, -0.1) is 0 Å². The first kappa shape index (κ1) is 25.1. The van der Waals surface area contributed by atoms with Crippen LogP contribution >= 0.6 is 0 Å². The number of amides is 2. The summed E-state index contributed by atoms with van der Waals surface area (Å²) < 4.78 is 28.1. The molecule has 1 fully saturated rings. The molecule has 1 aliphatic heterocycles. The summed E-state index contributed by atoms with van der Waals surface area (Å²) in [5, 5.41) is 13.8. The predicted molar refractivity (Wildman–Crippen MR) is 126 cm³/mol. The van der Waals surface area contributed by atoms with Crippen molar-refractivity contribution in [2.75, 3.05) is 44.0 Å². The molecule has 34 heavy (non-hydrogen) atoms. The van der Waals surface area contributed by atoms with E-state index in [4.69, 9.17) is 0 Å². The smallest absolute Gasteiger partial charge is 0.270 e. The zero-order chi connectivity index (χ0) is 24.7. The van der Waals surface area contributed by atoms with Gasteiger partial charge in [-0.05, 0) is 31.5 Å². The monoisotopic (exact) mass is 489 g/mol. The van der Waals surface area contributed by atoms with Crippen LogP contribution in [0.3, 0.4) is 0 Å². The van der Waals surface area contributed by atoms with Gasteiger partial charge in [0.25, 0.3) is 21.6 Å². The third kappa shape index (κ3) is 6.29. The van der Waals surface area contributed by atoms with E-state index in [1.54, 1.807) is 17.0 Å². The molecule has 0 atom stereocenters. The van der Waals surface area contributed by atoms with Crippen molar-refractivity contribution in [3.8, 4) is 0 Å². The van der Waals surface area contributed by atoms with Gasteiger partial charge in [-0.1, -0.05) is 18.2 Å². The Morgan fingerprint density at radius 2 is 1.82 bits per heavy atom. The van der Waals surface area contributed by atoms with E-state index in [9.17, 15) is 28.1 Å². The van der Waals surface area contributed by atoms with E-state index in [-0.39, 0.29) is 40.2 Å². The first-order valence-corrected chi connectivity index (χ1v) is 12.3. The van der Waals surface area contributed by atoms with Gasteiger partial charge in [0.05, 0.1) is 27.6 Å². The maximum Gasteiger partial charge on any atom is 0.270 e. The number of rotatable bonds is 8. The Labute approximate surface area is 197 Å². The third-order valence-electron chi connectivity index (χ3n) is 5.36. The molecule has 2 aromatic rings. The molecule has 0 aliphatic carbocycles. The number of hydrogen-bond donors (Lipinski definition) is 2. The Hall–Kier alpha value is -3.51. The number of hydrogen-bond acceptors (Lipinski definition) is 7. The van der Waals surface area contributed by atoms with Gasteiger partial charge in [-0.3, -0.25) is 29.3 Å². The van der Waals surface area contributed by atoms with Crippen molar-refractivity contribution in [1.82, 2.24) is 15.1 Å². The van der Waals surface area contributed by atoms with Crippen LogP contribution in [0.2, 0.25) is 0 Å². The molecule has 1 heterocycles. The Bertz CT molecular complexity index is 1170. The fraction of sp³-hybridized carbons (Fsp3) is 0.364. The van der Waals surface area contributed by atoms with Gasteiger partial charge >= 0.3 is 0 Å². The molecule has 12 heteroatoms. The van der Waals surface area contributed by atoms with E-state index < -0.39 is 14.9 Å². The molecule has 0 bridgehead atoms. The fourth-order valence-corrected chi connectivity index (χ4v) is 4.80. The highest BCUT2D eigenvalue weighted by atomic mass is 32.2. The number of carbonyl (C=O) groups excluding carboxylic acids is 2. The topological polar surface area (TPSA) is 142 Å². The molecule has 11 nitrogen and oxygen atoms in total. The van der Waals surface area contributed by atoms with Gasteiger partial charge < -0.3 is 10.2 Å². The lowest BCUT2D eigenvalue weighted by atomic mass is 10.1. The van der Waals surface area contributed by atoms with Gasteiger partial charge in [0.1, 0.15) is 0 Å². The molecule has 1 saturated heterocycles. The Morgan fingerprint density at radius 1 is 1.06 bits per heavy atom. The van der Waals surface area contributed by atoms with Crippen LogP contribution in [0.4, 0.5) is 11.4 Å². The number of anilines is 1. The van der Waals surface area contributed by atoms with Crippen LogP contribution in [0.1, 0.15) is 23.7 Å². The van der Waals surface area contributed by atoms with Crippen molar-refractivity contribution in [2.24, 2.45) is 0 Å². The first-order valence-electron chi connectivity index (χ1n) is 10.9. The quantitative estimate of drug-likeness (QED) is 0.424. The maximum absolute atomic E-state index is 13.3. The largest absolute Gasteiger partial charge is 0.355 e. The van der Waals surface area contributed by atoms with Crippen LogP contribution in [0.15, 0.2) is 53.4 Å². The minimum absolute atomic E-state index is 0.0665. The molecule has 2 amide bonds. The number of likely N-dealkylation sites (N-methyl/N-ethyl adjacent to an activating group) is 1. The summed E-state index contributed by atoms with van der Waals surface area (Å²) in [5.74, 6) is -0.402. The summed E-state index contributed by atoms with van der Waals surface area (Å²) in [4.78, 5) is 38.8. The molecule has 0 saturated carbocycles. The minimum atomic E-state index is -4.17. The Kier molecular flexibility index (Phi) is 8.18. The van der Waals surface area contributed by atoms with Crippen LogP contribution in [0.5, 0.6) is 0 Å². The van der Waals surface area contributed by atoms with Crippen molar-refractivity contribution < 1.29 is 22.9 Å². The molecule has 0 spiro atoms. The molecular formula is C22H27N5O6S. The number of nitrogens with one attached hydrogen (secondary N) is 2. The highest BCUT2D eigenvalue weighted by molar-refractivity contribution is 7.92. The van der Waals surface area contributed by atoms with Gasteiger partial charge in [0, 0.05) is 44.9 Å². The second-order valence-corrected chi connectivity index (χ2v) is 9.46. The molecule has 3 rings (SSSR count). The standard InChI is InChI=1S/C22H27N5O6S/c1-2-23-21(28)16-25-11-6-12-26(14-13-25)22(29)19-9-3-4-10-20(19)24-34(32,33)18-8-5-7-17(15-18)27(30)31/h3-5,7-10,15,24H,2,6,11-14,16H2,1H3,(H,23,28). The number of para-hydroxylation sites is 1. The lowest BCUT2D eigenvalue weighted by molar-refractivity contribution is -0.385. The van der Waals surface area contributed by atoms with Crippen molar-refractivity contribution in [1.29, 1.82) is 0 Å². The summed E-state index contributed by atoms with van der Waals surface area (Å²) in [5.41, 5.74) is -0.0925. The normalized spacial score (nSPS) is 14.8. The average molecular weight is 490 g/mol. The molecule has 0 unspecified atom stereocenters. The van der Waals surface area contributed by atoms with Crippen LogP contribution in [-0.4, -0.2) is 74.2 Å². The summed E-state index contributed by atoms with van der Waals surface area (Å²) in [7, 11) is -4.17. The number of nitro groups is 1. The van der Waals surface area contributed by atoms with E-state index >= 15 is 0 Å². The molecule has 0 radical (unpaired) electrons. The van der Waals surface area contributed by atoms with E-state index in [0.29, 0.717) is 39.1 Å². The number of non-ortho nitro benzene ring substituents is 1. The molecule has 2 N–H and O–H groups in total. The highest BCUT2D eigenvalue weighted by Gasteiger charge is 2.25. The second-order valence-electron chi connectivity index (χ2n) is 7.78. The number of nitro benzene ring substituents is 1. The van der Waals surface area contributed by atoms with Gasteiger partial charge in [0.2, 0.25) is 5.91 Å². The number of nitrogens with zero attached hydrogens (tertiary/aromatic N) is 3. The van der Waals surface area contributed by atoms with Crippen LogP contribution < -0.4 is 10.0 Å². The maximum atomic E-state index is 13.3. The average Bonchev–Trinajstić information content (AvgIpc) is 3.04. The predicted octanol–water partition coefficient (Wildman–Crippen LogP) is 1.68. The van der Waals surface area contributed by atoms with Crippen LogP contribution in [0.25, 0.3) is 0 Å². The SMILES string of the molecule is CCNC(=O)CN1CCCN(C(=O)c2ccccc2NS(=O)(=O)c2cccc([N+](=O)[O-])c2)CC1. The zero-order valence-electron chi connectivity index (χ0n) is 18.8. The van der Waals surface area contributed by atoms with Crippen molar-refractivity contribution in [3.05, 3.63) is 64.2 Å². The Morgan fingerprint density at radius 3 is 2.56 bits per heavy atom. The van der Waals surface area contributed by atoms with Crippen LogP contribution in [0, 0.1) is 10.1 Å². The zero-order valence-corrected chi connectivity index (χ0v) is 19.6. The van der Waals surface area contributed by atoms with Gasteiger partial charge in [-0.25, -0.2) is 8.42 Å². The number of sulfonamides is 1. The molecule has 2 aromatic carbocycles. The van der Waals surface area contributed by atoms with Gasteiger partial charge in [-0.2, -0.15) is 0 Å². The lowest BCUT2D eigenvalue weighted by Crippen LogP contribution is -2.40. The van der Waals surface area contributed by atoms with E-state index in [2.05, 4.69) is 10.0 Å². The second kappa shape index (κ2) is 11.1. The van der Waals surface area contributed by atoms with E-state index in [0.717, 1.165) is 6.07 Å². The third-order valence-corrected chi connectivity index (χ3v) is 6.72. The molecule has 182 valence electrons. The summed E-state index contributed by atoms with van der Waals surface area (Å²) in [6.45, 7) is 4.72. The fourth-order valence-electron chi connectivity index (χ4n) is 3.69. The van der Waals surface area contributed by atoms with Gasteiger partial charge in [0.15, 0.2) is 0 Å². The summed E-state index contributed by atoms with van der Waals surface area (Å²) >= 11 is 0. The molecular weight excluding hydrogens is 462 g/mol. The van der Waals surface area contributed by atoms with E-state index in [1.165, 1.54) is 30.3 Å². The molecule has 0 aromatic heterocycles. The highest BCUT2D eigenvalue weighted by Crippen LogP contribution is 2.24. The summed E-state index contributed by atoms with van der Waals surface area (Å²) in [6, 6.07) is 10.9. The molecule has 1 aliphatic rings. The Balaban J connectivity index is 1.76. The first-order chi connectivity index (χ1) is 16.2. The minimum Gasteiger partial charge on any atom is -0.355 e.